The fraction of sp³-hybridized carbons (Fsp3) is 0.286. The minimum atomic E-state index is -0.785. The number of hydrogen-bond donors (Lipinski definition) is 3. The zero-order valence-corrected chi connectivity index (χ0v) is 17.0. The highest BCUT2D eigenvalue weighted by atomic mass is 35.5. The molecule has 2 aliphatic heterocycles. The van der Waals surface area contributed by atoms with Crippen molar-refractivity contribution in [1.82, 2.24) is 5.43 Å². The van der Waals surface area contributed by atoms with E-state index >= 15 is 0 Å². The van der Waals surface area contributed by atoms with E-state index in [1.54, 1.807) is 0 Å². The molecule has 0 aromatic heterocycles. The lowest BCUT2D eigenvalue weighted by Crippen LogP contribution is -2.31. The van der Waals surface area contributed by atoms with Crippen LogP contribution in [0, 0.1) is 0 Å². The van der Waals surface area contributed by atoms with Crippen molar-refractivity contribution in [2.45, 2.75) is 36.8 Å². The van der Waals surface area contributed by atoms with Crippen molar-refractivity contribution < 1.29 is 5.11 Å². The molecule has 0 saturated carbocycles. The lowest BCUT2D eigenvalue weighted by Gasteiger charge is -2.31. The van der Waals surface area contributed by atoms with Gasteiger partial charge in [-0.2, -0.15) is 5.10 Å². The largest absolute Gasteiger partial charge is 0.369 e. The predicted molar refractivity (Wildman–Crippen MR) is 112 cm³/mol. The molecule has 2 radical (unpaired) electrons. The van der Waals surface area contributed by atoms with Gasteiger partial charge in [-0.3, -0.25) is 0 Å². The van der Waals surface area contributed by atoms with Crippen LogP contribution in [0.1, 0.15) is 36.8 Å². The van der Waals surface area contributed by atoms with E-state index < -0.39 is 6.23 Å². The molecule has 0 bridgehead atoms. The average molecular weight is 394 g/mol. The molecular formula is C21H21AlClN3O. The molecule has 0 spiro atoms. The van der Waals surface area contributed by atoms with Crippen molar-refractivity contribution in [3.8, 4) is 0 Å². The third kappa shape index (κ3) is 3.79. The van der Waals surface area contributed by atoms with Crippen LogP contribution in [-0.4, -0.2) is 38.2 Å². The summed E-state index contributed by atoms with van der Waals surface area (Å²) in [6.07, 6.45) is 0.775. The van der Waals surface area contributed by atoms with Crippen LogP contribution in [0.2, 0.25) is 5.02 Å². The summed E-state index contributed by atoms with van der Waals surface area (Å²) in [6.45, 7) is 2.21. The summed E-state index contributed by atoms with van der Waals surface area (Å²) >= 11 is 9.04. The van der Waals surface area contributed by atoms with Gasteiger partial charge in [-0.15, -0.1) is 0 Å². The van der Waals surface area contributed by atoms with Crippen LogP contribution in [0.5, 0.6) is 0 Å². The molecule has 2 aliphatic rings. The first-order chi connectivity index (χ1) is 13.0. The van der Waals surface area contributed by atoms with Gasteiger partial charge in [-0.25, -0.2) is 0 Å². The van der Waals surface area contributed by atoms with Gasteiger partial charge >= 0.3 is 0 Å². The minimum Gasteiger partial charge on any atom is -0.369 e. The minimum absolute atomic E-state index is 0.188. The SMILES string of the molecule is CC(CC1=C(C2=NN[CH]([Al])C2)C(O)Nc2ccc(Cl)cc21)c1ccccc1. The van der Waals surface area contributed by atoms with Crippen LogP contribution in [-0.2, 0) is 0 Å². The molecule has 136 valence electrons. The van der Waals surface area contributed by atoms with Crippen molar-refractivity contribution in [2.24, 2.45) is 5.10 Å². The molecule has 0 fully saturated rings. The number of halogens is 1. The van der Waals surface area contributed by atoms with Crippen LogP contribution < -0.4 is 10.7 Å². The molecule has 3 atom stereocenters. The van der Waals surface area contributed by atoms with Crippen molar-refractivity contribution >= 4 is 44.9 Å². The standard InChI is InChI=1S/C21H21ClN3O.Al/c1-13(14-5-3-2-4-6-14)11-17-16-12-15(22)7-8-18(16)24-21(26)20(17)19-9-10-23-25-19;/h2-8,10,12-13,21,23-24,26H,9,11H2,1H3;. The lowest BCUT2D eigenvalue weighted by atomic mass is 9.83. The second kappa shape index (κ2) is 7.69. The number of allylic oxidation sites excluding steroid dienone is 1. The Labute approximate surface area is 172 Å². The highest BCUT2D eigenvalue weighted by Crippen LogP contribution is 2.41. The molecule has 2 aromatic rings. The van der Waals surface area contributed by atoms with Gasteiger partial charge in [-0.1, -0.05) is 48.9 Å². The average Bonchev–Trinajstić information content (AvgIpc) is 3.09. The van der Waals surface area contributed by atoms with Crippen molar-refractivity contribution in [1.29, 1.82) is 0 Å². The molecule has 2 heterocycles. The third-order valence-corrected chi connectivity index (χ3v) is 5.79. The number of hydrogen-bond acceptors (Lipinski definition) is 4. The topological polar surface area (TPSA) is 56.7 Å². The molecule has 0 aliphatic carbocycles. The first-order valence-corrected chi connectivity index (χ1v) is 10.2. The molecular weight excluding hydrogens is 373 g/mol. The lowest BCUT2D eigenvalue weighted by molar-refractivity contribution is 0.245. The van der Waals surface area contributed by atoms with Crippen molar-refractivity contribution in [3.63, 3.8) is 0 Å². The van der Waals surface area contributed by atoms with E-state index in [2.05, 4.69) is 63.3 Å². The zero-order valence-electron chi connectivity index (χ0n) is 15.1. The van der Waals surface area contributed by atoms with E-state index in [1.165, 1.54) is 5.56 Å². The van der Waals surface area contributed by atoms with Crippen LogP contribution in [0.15, 0.2) is 59.2 Å². The van der Waals surface area contributed by atoms with E-state index in [0.717, 1.165) is 41.0 Å². The van der Waals surface area contributed by atoms with Gasteiger partial charge in [0.15, 0.2) is 22.5 Å². The van der Waals surface area contributed by atoms with Gasteiger partial charge in [0.1, 0.15) is 0 Å². The Balaban J connectivity index is 1.81. The number of benzene rings is 2. The maximum atomic E-state index is 10.9. The normalized spacial score (nSPS) is 22.6. The van der Waals surface area contributed by atoms with Gasteiger partial charge in [0.25, 0.3) is 0 Å². The second-order valence-electron chi connectivity index (χ2n) is 7.14. The number of fused-ring (bicyclic) bond motifs is 1. The molecule has 4 nitrogen and oxygen atoms in total. The second-order valence-corrected chi connectivity index (χ2v) is 8.38. The van der Waals surface area contributed by atoms with Gasteiger partial charge in [0.2, 0.25) is 0 Å². The summed E-state index contributed by atoms with van der Waals surface area (Å²) in [7, 11) is 0. The Kier molecular flexibility index (Phi) is 5.30. The Morgan fingerprint density at radius 3 is 2.74 bits per heavy atom. The predicted octanol–water partition coefficient (Wildman–Crippen LogP) is 3.88. The van der Waals surface area contributed by atoms with E-state index in [0.29, 0.717) is 10.9 Å². The van der Waals surface area contributed by atoms with Crippen molar-refractivity contribution in [2.75, 3.05) is 5.32 Å². The molecule has 0 amide bonds. The van der Waals surface area contributed by atoms with E-state index in [1.807, 2.05) is 24.3 Å². The summed E-state index contributed by atoms with van der Waals surface area (Å²) in [5.41, 5.74) is 9.17. The zero-order chi connectivity index (χ0) is 19.0. The molecule has 3 unspecified atom stereocenters. The highest BCUT2D eigenvalue weighted by Gasteiger charge is 2.31. The molecule has 27 heavy (non-hydrogen) atoms. The fourth-order valence-electron chi connectivity index (χ4n) is 3.81. The number of aliphatic hydroxyl groups excluding tert-OH is 1. The number of nitrogens with one attached hydrogen (secondary N) is 2. The first-order valence-electron chi connectivity index (χ1n) is 9.13. The van der Waals surface area contributed by atoms with E-state index in [9.17, 15) is 5.11 Å². The number of aliphatic hydroxyl groups is 1. The Morgan fingerprint density at radius 1 is 1.26 bits per heavy atom. The molecule has 6 heteroatoms. The van der Waals surface area contributed by atoms with Crippen molar-refractivity contribution in [3.05, 3.63) is 70.3 Å². The van der Waals surface area contributed by atoms with Gasteiger partial charge in [0, 0.05) is 21.8 Å². The molecule has 4 rings (SSSR count). The van der Waals surface area contributed by atoms with Crippen LogP contribution in [0.4, 0.5) is 5.69 Å². The Hall–Kier alpha value is -1.77. The Bertz CT molecular complexity index is 913. The fourth-order valence-corrected chi connectivity index (χ4v) is 4.28. The summed E-state index contributed by atoms with van der Waals surface area (Å²) in [5.74, 6) is 0.301. The monoisotopic (exact) mass is 393 g/mol. The van der Waals surface area contributed by atoms with Crippen LogP contribution >= 0.6 is 11.6 Å². The van der Waals surface area contributed by atoms with Gasteiger partial charge in [0.05, 0.1) is 5.71 Å². The maximum absolute atomic E-state index is 10.9. The number of hydrazone groups is 1. The molecule has 3 N–H and O–H groups in total. The quantitative estimate of drug-likeness (QED) is 0.691. The molecule has 2 aromatic carbocycles. The number of anilines is 1. The smallest absolute Gasteiger partial charge is 0.162 e. The summed E-state index contributed by atoms with van der Waals surface area (Å²) in [5, 5.41) is 19.2. The number of nitrogens with zero attached hydrogens (tertiary/aromatic N) is 1. The molecule has 0 saturated heterocycles. The first kappa shape index (κ1) is 18.6. The summed E-state index contributed by atoms with van der Waals surface area (Å²) in [6, 6.07) is 16.2. The van der Waals surface area contributed by atoms with E-state index in [4.69, 9.17) is 11.6 Å². The maximum Gasteiger partial charge on any atom is 0.162 e. The summed E-state index contributed by atoms with van der Waals surface area (Å²) < 4.78 is 0. The van der Waals surface area contributed by atoms with E-state index in [-0.39, 0.29) is 4.90 Å². The number of rotatable bonds is 4. The van der Waals surface area contributed by atoms with Gasteiger partial charge < -0.3 is 15.8 Å². The highest BCUT2D eigenvalue weighted by molar-refractivity contribution is 6.31. The van der Waals surface area contributed by atoms with Crippen LogP contribution in [0.3, 0.4) is 0 Å². The Morgan fingerprint density at radius 2 is 2.04 bits per heavy atom. The van der Waals surface area contributed by atoms with Crippen LogP contribution in [0.25, 0.3) is 5.57 Å². The van der Waals surface area contributed by atoms with Gasteiger partial charge in [-0.05, 0) is 53.0 Å². The third-order valence-electron chi connectivity index (χ3n) is 5.17. The summed E-state index contributed by atoms with van der Waals surface area (Å²) in [4.78, 5) is 0.188.